The number of hydrogen-bond acceptors (Lipinski definition) is 4. The van der Waals surface area contributed by atoms with Crippen molar-refractivity contribution in [3.05, 3.63) is 48.4 Å². The van der Waals surface area contributed by atoms with Gasteiger partial charge in [0.2, 0.25) is 0 Å². The monoisotopic (exact) mass is 228 g/mol. The number of nitrogens with zero attached hydrogens (tertiary/aromatic N) is 2. The lowest BCUT2D eigenvalue weighted by Crippen LogP contribution is -2.06. The molecule has 4 heteroatoms. The summed E-state index contributed by atoms with van der Waals surface area (Å²) in [6, 6.07) is 9.00. The van der Waals surface area contributed by atoms with E-state index in [1.807, 2.05) is 12.1 Å². The van der Waals surface area contributed by atoms with Gasteiger partial charge in [0.25, 0.3) is 0 Å². The normalized spacial score (nSPS) is 9.94. The molecule has 0 N–H and O–H groups in total. The Morgan fingerprint density at radius 3 is 2.82 bits per heavy atom. The number of carbonyl (C=O) groups excluding carboxylic acids is 1. The van der Waals surface area contributed by atoms with Crippen molar-refractivity contribution in [2.24, 2.45) is 0 Å². The van der Waals surface area contributed by atoms with Gasteiger partial charge in [-0.25, -0.2) is 14.8 Å². The van der Waals surface area contributed by atoms with Gasteiger partial charge in [-0.15, -0.1) is 0 Å². The van der Waals surface area contributed by atoms with Crippen LogP contribution in [0, 0.1) is 0 Å². The average molecular weight is 228 g/mol. The molecular weight excluding hydrogens is 216 g/mol. The molecule has 2 aromatic rings. The molecule has 0 radical (unpaired) electrons. The highest BCUT2D eigenvalue weighted by atomic mass is 16.5. The molecule has 0 saturated heterocycles. The number of hydrogen-bond donors (Lipinski definition) is 0. The van der Waals surface area contributed by atoms with Crippen LogP contribution in [0.25, 0.3) is 11.3 Å². The Kier molecular flexibility index (Phi) is 3.45. The van der Waals surface area contributed by atoms with Gasteiger partial charge in [-0.05, 0) is 19.1 Å². The van der Waals surface area contributed by atoms with E-state index in [0.29, 0.717) is 17.9 Å². The standard InChI is InChI=1S/C13H12N2O2/c1-2-17-13(16)11-6-4-3-5-10(11)12-7-8-14-9-15-12/h3-9H,2H2,1H3. The highest BCUT2D eigenvalue weighted by Crippen LogP contribution is 2.21. The van der Waals surface area contributed by atoms with Gasteiger partial charge in [0.15, 0.2) is 0 Å². The second kappa shape index (κ2) is 5.21. The van der Waals surface area contributed by atoms with Crippen LogP contribution in [0.5, 0.6) is 0 Å². The lowest BCUT2D eigenvalue weighted by Gasteiger charge is -2.07. The molecule has 0 aliphatic heterocycles. The maximum absolute atomic E-state index is 11.8. The Bertz CT molecular complexity index is 512. The zero-order valence-electron chi connectivity index (χ0n) is 9.46. The van der Waals surface area contributed by atoms with Crippen LogP contribution < -0.4 is 0 Å². The van der Waals surface area contributed by atoms with Gasteiger partial charge in [0, 0.05) is 11.8 Å². The summed E-state index contributed by atoms with van der Waals surface area (Å²) in [5.41, 5.74) is 1.99. The van der Waals surface area contributed by atoms with Crippen LogP contribution in [-0.4, -0.2) is 22.5 Å². The van der Waals surface area contributed by atoms with Crippen molar-refractivity contribution in [2.45, 2.75) is 6.92 Å². The molecule has 2 rings (SSSR count). The Hall–Kier alpha value is -2.23. The van der Waals surface area contributed by atoms with Gasteiger partial charge >= 0.3 is 5.97 Å². The van der Waals surface area contributed by atoms with Crippen molar-refractivity contribution >= 4 is 5.97 Å². The van der Waals surface area contributed by atoms with E-state index < -0.39 is 0 Å². The predicted octanol–water partition coefficient (Wildman–Crippen LogP) is 2.32. The first-order valence-corrected chi connectivity index (χ1v) is 5.35. The number of rotatable bonds is 3. The van der Waals surface area contributed by atoms with Crippen LogP contribution in [0.3, 0.4) is 0 Å². The zero-order valence-corrected chi connectivity index (χ0v) is 9.46. The van der Waals surface area contributed by atoms with Crippen LogP contribution in [0.1, 0.15) is 17.3 Å². The Morgan fingerprint density at radius 1 is 1.29 bits per heavy atom. The summed E-state index contributed by atoms with van der Waals surface area (Å²) in [7, 11) is 0. The van der Waals surface area contributed by atoms with Gasteiger partial charge in [0.1, 0.15) is 6.33 Å². The lowest BCUT2D eigenvalue weighted by atomic mass is 10.0. The summed E-state index contributed by atoms with van der Waals surface area (Å²) in [5.74, 6) is -0.332. The summed E-state index contributed by atoms with van der Waals surface area (Å²) in [6.45, 7) is 2.14. The van der Waals surface area contributed by atoms with E-state index in [0.717, 1.165) is 5.56 Å². The summed E-state index contributed by atoms with van der Waals surface area (Å²) in [4.78, 5) is 19.8. The van der Waals surface area contributed by atoms with E-state index in [4.69, 9.17) is 4.74 Å². The second-order valence-electron chi connectivity index (χ2n) is 3.36. The molecule has 4 nitrogen and oxygen atoms in total. The van der Waals surface area contributed by atoms with E-state index >= 15 is 0 Å². The number of aromatic nitrogens is 2. The molecule has 1 aromatic carbocycles. The first-order valence-electron chi connectivity index (χ1n) is 5.35. The Labute approximate surface area is 99.3 Å². The highest BCUT2D eigenvalue weighted by molar-refractivity contribution is 5.96. The molecule has 1 aromatic heterocycles. The van der Waals surface area contributed by atoms with Crippen LogP contribution >= 0.6 is 0 Å². The van der Waals surface area contributed by atoms with E-state index in [2.05, 4.69) is 9.97 Å². The van der Waals surface area contributed by atoms with Gasteiger partial charge in [-0.3, -0.25) is 0 Å². The van der Waals surface area contributed by atoms with E-state index in [-0.39, 0.29) is 5.97 Å². The van der Waals surface area contributed by atoms with E-state index in [9.17, 15) is 4.79 Å². The van der Waals surface area contributed by atoms with Gasteiger partial charge < -0.3 is 4.74 Å². The minimum Gasteiger partial charge on any atom is -0.462 e. The molecule has 17 heavy (non-hydrogen) atoms. The lowest BCUT2D eigenvalue weighted by molar-refractivity contribution is 0.0527. The summed E-state index contributed by atoms with van der Waals surface area (Å²) in [6.07, 6.45) is 3.10. The molecule has 0 fully saturated rings. The van der Waals surface area contributed by atoms with Gasteiger partial charge in [-0.2, -0.15) is 0 Å². The minimum absolute atomic E-state index is 0.332. The quantitative estimate of drug-likeness (QED) is 0.756. The largest absolute Gasteiger partial charge is 0.462 e. The maximum atomic E-state index is 11.8. The summed E-state index contributed by atoms with van der Waals surface area (Å²) < 4.78 is 5.01. The Balaban J connectivity index is 2.45. The predicted molar refractivity (Wildman–Crippen MR) is 63.4 cm³/mol. The average Bonchev–Trinajstić information content (AvgIpc) is 2.40. The fraction of sp³-hybridized carbons (Fsp3) is 0.154. The maximum Gasteiger partial charge on any atom is 0.338 e. The van der Waals surface area contributed by atoms with Crippen molar-refractivity contribution in [3.63, 3.8) is 0 Å². The van der Waals surface area contributed by atoms with E-state index in [1.54, 1.807) is 31.3 Å². The molecule has 0 bridgehead atoms. The van der Waals surface area contributed by atoms with Crippen molar-refractivity contribution in [1.82, 2.24) is 9.97 Å². The fourth-order valence-corrected chi connectivity index (χ4v) is 1.54. The van der Waals surface area contributed by atoms with Crippen molar-refractivity contribution in [2.75, 3.05) is 6.61 Å². The van der Waals surface area contributed by atoms with E-state index in [1.165, 1.54) is 6.33 Å². The topological polar surface area (TPSA) is 52.1 Å². The summed E-state index contributed by atoms with van der Waals surface area (Å²) in [5, 5.41) is 0. The van der Waals surface area contributed by atoms with Crippen LogP contribution in [0.4, 0.5) is 0 Å². The van der Waals surface area contributed by atoms with Gasteiger partial charge in [0.05, 0.1) is 17.9 Å². The smallest absolute Gasteiger partial charge is 0.338 e. The molecule has 0 amide bonds. The fourth-order valence-electron chi connectivity index (χ4n) is 1.54. The number of esters is 1. The molecule has 0 unspecified atom stereocenters. The molecule has 0 aliphatic rings. The van der Waals surface area contributed by atoms with Crippen molar-refractivity contribution < 1.29 is 9.53 Å². The number of carbonyl (C=O) groups is 1. The van der Waals surface area contributed by atoms with Crippen LogP contribution in [0.15, 0.2) is 42.9 Å². The van der Waals surface area contributed by atoms with Gasteiger partial charge in [-0.1, -0.05) is 18.2 Å². The Morgan fingerprint density at radius 2 is 2.12 bits per heavy atom. The third kappa shape index (κ3) is 2.47. The first kappa shape index (κ1) is 11.3. The molecule has 0 aliphatic carbocycles. The van der Waals surface area contributed by atoms with Crippen molar-refractivity contribution in [3.8, 4) is 11.3 Å². The highest BCUT2D eigenvalue weighted by Gasteiger charge is 2.13. The number of ether oxygens (including phenoxy) is 1. The molecule has 0 spiro atoms. The third-order valence-electron chi connectivity index (χ3n) is 2.28. The third-order valence-corrected chi connectivity index (χ3v) is 2.28. The van der Waals surface area contributed by atoms with Crippen LogP contribution in [0.2, 0.25) is 0 Å². The SMILES string of the molecule is CCOC(=O)c1ccccc1-c1ccncn1. The molecule has 0 atom stereocenters. The summed E-state index contributed by atoms with van der Waals surface area (Å²) >= 11 is 0. The molecule has 1 heterocycles. The van der Waals surface area contributed by atoms with Crippen molar-refractivity contribution in [1.29, 1.82) is 0 Å². The minimum atomic E-state index is -0.332. The molecule has 0 saturated carbocycles. The zero-order chi connectivity index (χ0) is 12.1. The second-order valence-corrected chi connectivity index (χ2v) is 3.36. The first-order chi connectivity index (χ1) is 8.33. The van der Waals surface area contributed by atoms with Crippen LogP contribution in [-0.2, 0) is 4.74 Å². The molecule has 86 valence electrons. The molecular formula is C13H12N2O2. The number of benzene rings is 1.